The highest BCUT2D eigenvalue weighted by Crippen LogP contribution is 2.21. The Morgan fingerprint density at radius 3 is 2.20 bits per heavy atom. The quantitative estimate of drug-likeness (QED) is 0.745. The number of amides is 2. The summed E-state index contributed by atoms with van der Waals surface area (Å²) in [4.78, 5) is 41.5. The molecule has 0 saturated carbocycles. The lowest BCUT2D eigenvalue weighted by Gasteiger charge is -2.33. The van der Waals surface area contributed by atoms with Crippen molar-refractivity contribution < 1.29 is 14.4 Å². The second-order valence-corrected chi connectivity index (χ2v) is 8.71. The van der Waals surface area contributed by atoms with Crippen molar-refractivity contribution in [3.63, 3.8) is 0 Å². The van der Waals surface area contributed by atoms with Crippen LogP contribution in [0, 0.1) is 5.92 Å². The molecule has 2 aliphatic rings. The third-order valence-corrected chi connectivity index (χ3v) is 6.33. The predicted octanol–water partition coefficient (Wildman–Crippen LogP) is 2.42. The van der Waals surface area contributed by atoms with Gasteiger partial charge < -0.3 is 10.2 Å². The van der Waals surface area contributed by atoms with Gasteiger partial charge in [0.15, 0.2) is 5.78 Å². The summed E-state index contributed by atoms with van der Waals surface area (Å²) in [6.07, 6.45) is 6.81. The topological polar surface area (TPSA) is 69.7 Å². The standard InChI is InChI=1S/C24H35N3O3/c1-19(28)22(17-20-9-5-4-6-10-20)25-23(29)18-26-15-11-21(12-16-26)24(30)27-13-7-2-3-8-14-27/h4-6,9-10,21-22H,2-3,7-8,11-18H2,1H3,(H,25,29). The monoisotopic (exact) mass is 413 g/mol. The fraction of sp³-hybridized carbons (Fsp3) is 0.625. The second kappa shape index (κ2) is 11.3. The van der Waals surface area contributed by atoms with Crippen LogP contribution < -0.4 is 5.32 Å². The van der Waals surface area contributed by atoms with Crippen molar-refractivity contribution >= 4 is 17.6 Å². The maximum Gasteiger partial charge on any atom is 0.234 e. The Bertz CT molecular complexity index is 706. The number of piperidine rings is 1. The molecule has 3 rings (SSSR count). The first-order valence-electron chi connectivity index (χ1n) is 11.4. The molecule has 0 aromatic heterocycles. The van der Waals surface area contributed by atoms with Crippen molar-refractivity contribution in [1.82, 2.24) is 15.1 Å². The Morgan fingerprint density at radius 2 is 1.60 bits per heavy atom. The number of carbonyl (C=O) groups is 3. The summed E-state index contributed by atoms with van der Waals surface area (Å²) >= 11 is 0. The van der Waals surface area contributed by atoms with Crippen molar-refractivity contribution in [1.29, 1.82) is 0 Å². The van der Waals surface area contributed by atoms with E-state index in [1.165, 1.54) is 19.8 Å². The smallest absolute Gasteiger partial charge is 0.234 e. The number of Topliss-reactive ketones (excluding diaryl/α,β-unsaturated/α-hetero) is 1. The lowest BCUT2D eigenvalue weighted by Crippen LogP contribution is -2.48. The summed E-state index contributed by atoms with van der Waals surface area (Å²) in [6.45, 7) is 5.10. The largest absolute Gasteiger partial charge is 0.345 e. The number of likely N-dealkylation sites (tertiary alicyclic amines) is 2. The first kappa shape index (κ1) is 22.5. The molecule has 2 saturated heterocycles. The van der Waals surface area contributed by atoms with Crippen molar-refractivity contribution in [2.24, 2.45) is 5.92 Å². The van der Waals surface area contributed by atoms with E-state index < -0.39 is 6.04 Å². The van der Waals surface area contributed by atoms with Gasteiger partial charge in [-0.15, -0.1) is 0 Å². The van der Waals surface area contributed by atoms with Gasteiger partial charge in [-0.2, -0.15) is 0 Å². The van der Waals surface area contributed by atoms with Crippen LogP contribution in [0.4, 0.5) is 0 Å². The number of benzene rings is 1. The highest BCUT2D eigenvalue weighted by molar-refractivity contribution is 5.88. The molecule has 1 atom stereocenters. The maximum absolute atomic E-state index is 12.8. The van der Waals surface area contributed by atoms with Crippen LogP contribution in [0.25, 0.3) is 0 Å². The van der Waals surface area contributed by atoms with E-state index in [4.69, 9.17) is 0 Å². The first-order valence-corrected chi connectivity index (χ1v) is 11.4. The van der Waals surface area contributed by atoms with Crippen molar-refractivity contribution in [3.05, 3.63) is 35.9 Å². The highest BCUT2D eigenvalue weighted by atomic mass is 16.2. The summed E-state index contributed by atoms with van der Waals surface area (Å²) in [7, 11) is 0. The van der Waals surface area contributed by atoms with E-state index in [-0.39, 0.29) is 24.2 Å². The van der Waals surface area contributed by atoms with E-state index in [2.05, 4.69) is 15.1 Å². The number of ketones is 1. The van der Waals surface area contributed by atoms with Crippen LogP contribution in [0.2, 0.25) is 0 Å². The molecule has 2 heterocycles. The van der Waals surface area contributed by atoms with E-state index in [0.717, 1.165) is 57.4 Å². The molecule has 6 nitrogen and oxygen atoms in total. The molecule has 2 aliphatic heterocycles. The van der Waals surface area contributed by atoms with E-state index in [1.807, 2.05) is 30.3 Å². The summed E-state index contributed by atoms with van der Waals surface area (Å²) in [5.41, 5.74) is 1.03. The van der Waals surface area contributed by atoms with Crippen LogP contribution in [0.15, 0.2) is 30.3 Å². The average molecular weight is 414 g/mol. The van der Waals surface area contributed by atoms with Gasteiger partial charge in [0.1, 0.15) is 0 Å². The molecule has 0 spiro atoms. The molecule has 6 heteroatoms. The van der Waals surface area contributed by atoms with Crippen LogP contribution in [0.5, 0.6) is 0 Å². The third-order valence-electron chi connectivity index (χ3n) is 6.33. The van der Waals surface area contributed by atoms with E-state index >= 15 is 0 Å². The number of nitrogens with one attached hydrogen (secondary N) is 1. The van der Waals surface area contributed by atoms with Crippen LogP contribution in [-0.2, 0) is 20.8 Å². The molecule has 1 aromatic rings. The van der Waals surface area contributed by atoms with Gasteiger partial charge in [0, 0.05) is 19.0 Å². The predicted molar refractivity (Wildman–Crippen MR) is 117 cm³/mol. The zero-order chi connectivity index (χ0) is 21.3. The molecular weight excluding hydrogens is 378 g/mol. The molecule has 1 N–H and O–H groups in total. The second-order valence-electron chi connectivity index (χ2n) is 8.71. The number of nitrogens with zero attached hydrogens (tertiary/aromatic N) is 2. The van der Waals surface area contributed by atoms with Crippen molar-refractivity contribution in [3.8, 4) is 0 Å². The Morgan fingerprint density at radius 1 is 0.967 bits per heavy atom. The van der Waals surface area contributed by atoms with Crippen LogP contribution in [-0.4, -0.2) is 66.2 Å². The number of rotatable bonds is 7. The fourth-order valence-corrected chi connectivity index (χ4v) is 4.48. The lowest BCUT2D eigenvalue weighted by molar-refractivity contribution is -0.137. The van der Waals surface area contributed by atoms with Gasteiger partial charge in [0.2, 0.25) is 11.8 Å². The lowest BCUT2D eigenvalue weighted by atomic mass is 9.95. The van der Waals surface area contributed by atoms with Gasteiger partial charge in [-0.1, -0.05) is 43.2 Å². The normalized spacial score (nSPS) is 19.7. The van der Waals surface area contributed by atoms with Crippen molar-refractivity contribution in [2.45, 2.75) is 57.9 Å². The minimum absolute atomic E-state index is 0.0334. The molecule has 1 aromatic carbocycles. The van der Waals surface area contributed by atoms with E-state index in [9.17, 15) is 14.4 Å². The molecule has 2 fully saturated rings. The highest BCUT2D eigenvalue weighted by Gasteiger charge is 2.29. The van der Waals surface area contributed by atoms with Crippen LogP contribution >= 0.6 is 0 Å². The Kier molecular flexibility index (Phi) is 8.43. The molecule has 2 amide bonds. The fourth-order valence-electron chi connectivity index (χ4n) is 4.48. The van der Waals surface area contributed by atoms with Gasteiger partial charge in [-0.05, 0) is 57.7 Å². The zero-order valence-corrected chi connectivity index (χ0v) is 18.1. The molecule has 0 aliphatic carbocycles. The summed E-state index contributed by atoms with van der Waals surface area (Å²) in [6, 6.07) is 9.24. The Hall–Kier alpha value is -2.21. The number of hydrogen-bond acceptors (Lipinski definition) is 4. The van der Waals surface area contributed by atoms with Crippen LogP contribution in [0.1, 0.15) is 51.0 Å². The van der Waals surface area contributed by atoms with Gasteiger partial charge in [0.25, 0.3) is 0 Å². The zero-order valence-electron chi connectivity index (χ0n) is 18.1. The number of hydrogen-bond donors (Lipinski definition) is 1. The van der Waals surface area contributed by atoms with Crippen LogP contribution in [0.3, 0.4) is 0 Å². The average Bonchev–Trinajstić information content (AvgIpc) is 3.03. The molecule has 164 valence electrons. The molecular formula is C24H35N3O3. The minimum Gasteiger partial charge on any atom is -0.345 e. The molecule has 1 unspecified atom stereocenters. The summed E-state index contributed by atoms with van der Waals surface area (Å²) < 4.78 is 0. The Balaban J connectivity index is 1.43. The van der Waals surface area contributed by atoms with Gasteiger partial charge in [-0.25, -0.2) is 0 Å². The minimum atomic E-state index is -0.498. The first-order chi connectivity index (χ1) is 14.5. The molecule has 30 heavy (non-hydrogen) atoms. The van der Waals surface area contributed by atoms with E-state index in [1.54, 1.807) is 0 Å². The van der Waals surface area contributed by atoms with Crippen molar-refractivity contribution in [2.75, 3.05) is 32.7 Å². The van der Waals surface area contributed by atoms with E-state index in [0.29, 0.717) is 12.3 Å². The number of carbonyl (C=O) groups excluding carboxylic acids is 3. The summed E-state index contributed by atoms with van der Waals surface area (Å²) in [5.74, 6) is 0.239. The molecule has 0 bridgehead atoms. The third kappa shape index (κ3) is 6.66. The Labute approximate surface area is 180 Å². The van der Waals surface area contributed by atoms with Gasteiger partial charge >= 0.3 is 0 Å². The molecule has 0 radical (unpaired) electrons. The maximum atomic E-state index is 12.8. The van der Waals surface area contributed by atoms with Gasteiger partial charge in [-0.3, -0.25) is 19.3 Å². The SMILES string of the molecule is CC(=O)C(Cc1ccccc1)NC(=O)CN1CCC(C(=O)N2CCCCCC2)CC1. The van der Waals surface area contributed by atoms with Gasteiger partial charge in [0.05, 0.1) is 12.6 Å². The summed E-state index contributed by atoms with van der Waals surface area (Å²) in [5, 5.41) is 2.90.